The fourth-order valence-corrected chi connectivity index (χ4v) is 13.7. The van der Waals surface area contributed by atoms with Gasteiger partial charge in [0.1, 0.15) is 5.75 Å². The number of hydrogen-bond acceptors (Lipinski definition) is 7. The van der Waals surface area contributed by atoms with E-state index in [2.05, 4.69) is 75.7 Å². The molecular formula is C44H62N4O6Si. The van der Waals surface area contributed by atoms with Crippen LogP contribution in [0.3, 0.4) is 0 Å². The van der Waals surface area contributed by atoms with E-state index in [1.165, 1.54) is 16.3 Å². The quantitative estimate of drug-likeness (QED) is 0.163. The summed E-state index contributed by atoms with van der Waals surface area (Å²) in [5.74, 6) is 0.145. The van der Waals surface area contributed by atoms with Gasteiger partial charge in [-0.2, -0.15) is 0 Å². The number of carbonyl (C=O) groups excluding carboxylic acids is 3. The summed E-state index contributed by atoms with van der Waals surface area (Å²) in [4.78, 5) is 46.6. The summed E-state index contributed by atoms with van der Waals surface area (Å²) in [5, 5.41) is 17.8. The van der Waals surface area contributed by atoms with Gasteiger partial charge in [0, 0.05) is 36.8 Å². The van der Waals surface area contributed by atoms with Crippen LogP contribution in [0.5, 0.6) is 5.75 Å². The van der Waals surface area contributed by atoms with Crippen molar-refractivity contribution in [2.45, 2.75) is 109 Å². The largest absolute Gasteiger partial charge is 0.497 e. The molecule has 10 nitrogen and oxygen atoms in total. The molecule has 0 radical (unpaired) electrons. The Morgan fingerprint density at radius 1 is 1.09 bits per heavy atom. The number of fused-ring (bicyclic) bond motifs is 2. The molecule has 1 unspecified atom stereocenters. The Morgan fingerprint density at radius 3 is 2.53 bits per heavy atom. The number of aliphatic hydroxyl groups is 1. The van der Waals surface area contributed by atoms with Crippen LogP contribution < -0.4 is 25.5 Å². The molecule has 55 heavy (non-hydrogen) atoms. The van der Waals surface area contributed by atoms with Crippen LogP contribution in [0.1, 0.15) is 78.2 Å². The smallest absolute Gasteiger partial charge is 0.264 e. The van der Waals surface area contributed by atoms with Crippen molar-refractivity contribution in [2.24, 2.45) is 11.8 Å². The molecule has 3 amide bonds. The number of nitrogens with zero attached hydrogens (tertiary/aromatic N) is 2. The highest BCUT2D eigenvalue weighted by molar-refractivity contribution is 6.91. The number of anilines is 2. The van der Waals surface area contributed by atoms with Crippen LogP contribution in [0, 0.1) is 11.8 Å². The maximum atomic E-state index is 15.3. The van der Waals surface area contributed by atoms with Crippen LogP contribution in [0.25, 0.3) is 0 Å². The Bertz CT molecular complexity index is 1780. The van der Waals surface area contributed by atoms with E-state index in [1.807, 2.05) is 40.1 Å². The van der Waals surface area contributed by atoms with E-state index in [0.29, 0.717) is 25.3 Å². The first-order chi connectivity index (χ1) is 26.3. The topological polar surface area (TPSA) is 120 Å². The minimum atomic E-state index is -2.49. The van der Waals surface area contributed by atoms with Crippen molar-refractivity contribution in [1.29, 1.82) is 0 Å². The third-order valence-electron chi connectivity index (χ3n) is 12.8. The summed E-state index contributed by atoms with van der Waals surface area (Å²) in [5.41, 5.74) is 3.17. The second-order valence-electron chi connectivity index (χ2n) is 17.0. The maximum Gasteiger partial charge on any atom is 0.264 e. The van der Waals surface area contributed by atoms with E-state index in [9.17, 15) is 14.7 Å². The normalized spacial score (nSPS) is 26.7. The van der Waals surface area contributed by atoms with Gasteiger partial charge in [-0.05, 0) is 102 Å². The molecule has 4 aliphatic heterocycles. The molecule has 11 heteroatoms. The molecule has 298 valence electrons. The lowest BCUT2D eigenvalue weighted by molar-refractivity contribution is -0.149. The summed E-state index contributed by atoms with van der Waals surface area (Å²) in [6.45, 7) is 15.6. The van der Waals surface area contributed by atoms with Crippen LogP contribution in [0.15, 0.2) is 65.8 Å². The van der Waals surface area contributed by atoms with Gasteiger partial charge in [0.2, 0.25) is 11.8 Å². The molecule has 3 N–H and O–H groups in total. The van der Waals surface area contributed by atoms with E-state index < -0.39 is 19.8 Å². The van der Waals surface area contributed by atoms with Crippen molar-refractivity contribution in [3.63, 3.8) is 0 Å². The molecule has 6 rings (SSSR count). The third kappa shape index (κ3) is 8.22. The van der Waals surface area contributed by atoms with E-state index >= 15 is 4.79 Å². The van der Waals surface area contributed by atoms with Gasteiger partial charge in [-0.15, -0.1) is 0 Å². The number of methoxy groups -OCH3 is 1. The van der Waals surface area contributed by atoms with Crippen LogP contribution in [-0.2, 0) is 24.7 Å². The molecule has 0 aliphatic carbocycles. The molecule has 3 fully saturated rings. The summed E-state index contributed by atoms with van der Waals surface area (Å²) in [6, 6.07) is 13.8. The minimum absolute atomic E-state index is 0.0314. The highest BCUT2D eigenvalue weighted by Gasteiger charge is 2.66. The van der Waals surface area contributed by atoms with Crippen LogP contribution in [-0.4, -0.2) is 87.8 Å². The van der Waals surface area contributed by atoms with Gasteiger partial charge >= 0.3 is 0 Å². The van der Waals surface area contributed by atoms with E-state index in [0.717, 1.165) is 62.1 Å². The number of rotatable bonds is 13. The van der Waals surface area contributed by atoms with Crippen LogP contribution in [0.4, 0.5) is 11.4 Å². The lowest BCUT2D eigenvalue weighted by atomic mass is 9.82. The third-order valence-corrected chi connectivity index (χ3v) is 17.1. The molecule has 1 spiro atoms. The first-order valence-corrected chi connectivity index (χ1v) is 23.4. The molecule has 0 bridgehead atoms. The zero-order valence-corrected chi connectivity index (χ0v) is 35.0. The SMILES string of the molecule is COc1ccc([Si](C)(C)[C@H]2[C@H](CC(=O)N3CCC[C@H]3CO)O[C@@]3(C(=O)N(C/C=C(\C)CCC=C(C)C)c4ccc(NC(=O)C5CCCNC5)cc43)[C@@H]2C)cc1. The average molecular weight is 771 g/mol. The number of allylic oxidation sites excluding steroid dienone is 3. The molecule has 0 saturated carbocycles. The van der Waals surface area contributed by atoms with Crippen LogP contribution in [0.2, 0.25) is 18.6 Å². The Morgan fingerprint density at radius 2 is 1.85 bits per heavy atom. The zero-order valence-electron chi connectivity index (χ0n) is 34.0. The fraction of sp³-hybridized carbons (Fsp3) is 0.568. The van der Waals surface area contributed by atoms with E-state index in [1.54, 1.807) is 7.11 Å². The summed E-state index contributed by atoms with van der Waals surface area (Å²) >= 11 is 0. The van der Waals surface area contributed by atoms with Gasteiger partial charge in [0.05, 0.1) is 52.0 Å². The molecule has 0 aromatic heterocycles. The number of piperidine rings is 1. The second kappa shape index (κ2) is 17.2. The maximum absolute atomic E-state index is 15.3. The molecule has 3 saturated heterocycles. The fourth-order valence-electron chi connectivity index (χ4n) is 9.67. The molecule has 2 aromatic rings. The van der Waals surface area contributed by atoms with Gasteiger partial charge in [-0.1, -0.05) is 60.6 Å². The number of carbonyl (C=O) groups is 3. The zero-order chi connectivity index (χ0) is 39.5. The number of ether oxygens (including phenoxy) is 2. The molecule has 6 atom stereocenters. The van der Waals surface area contributed by atoms with Gasteiger partial charge in [-0.25, -0.2) is 0 Å². The molecule has 2 aromatic carbocycles. The Balaban J connectivity index is 1.42. The first-order valence-electron chi connectivity index (χ1n) is 20.3. The monoisotopic (exact) mass is 770 g/mol. The van der Waals surface area contributed by atoms with Crippen molar-refractivity contribution in [2.75, 3.05) is 50.1 Å². The predicted molar refractivity (Wildman–Crippen MR) is 221 cm³/mol. The van der Waals surface area contributed by atoms with Gasteiger partial charge in [0.15, 0.2) is 5.60 Å². The van der Waals surface area contributed by atoms with Crippen molar-refractivity contribution in [3.8, 4) is 5.75 Å². The van der Waals surface area contributed by atoms with Crippen molar-refractivity contribution < 1.29 is 29.0 Å². The standard InChI is InChI=1S/C44H62N4O6Si/c1-29(2)11-8-12-30(3)21-24-48-38-20-15-33(46-42(51)32-13-9-22-45-27-32)25-37(38)44(43(48)52)31(4)41(55(6,7)36-18-16-35(53-5)17-19-36)39(54-44)26-40(50)47-23-10-14-34(47)28-49/h11,15-21,25,31-32,34,39,41,45,49H,8-10,12-14,22-24,26-28H2,1-7H3,(H,46,51)/b30-21+/t31-,32?,34+,39+,41-,44+/m1/s1. The van der Waals surface area contributed by atoms with Gasteiger partial charge < -0.3 is 35.0 Å². The van der Waals surface area contributed by atoms with Crippen molar-refractivity contribution >= 4 is 42.4 Å². The van der Waals surface area contributed by atoms with E-state index in [4.69, 9.17) is 9.47 Å². The molecule has 4 heterocycles. The van der Waals surface area contributed by atoms with Crippen molar-refractivity contribution in [1.82, 2.24) is 10.2 Å². The summed E-state index contributed by atoms with van der Waals surface area (Å²) in [7, 11) is -0.837. The Hall–Kier alpha value is -3.77. The number of likely N-dealkylation sites (tertiary alicyclic amines) is 1. The first kappa shape index (κ1) is 40.9. The number of benzene rings is 2. The second-order valence-corrected chi connectivity index (χ2v) is 21.7. The number of aliphatic hydroxyl groups excluding tert-OH is 1. The number of amides is 3. The number of nitrogens with one attached hydrogen (secondary N) is 2. The van der Waals surface area contributed by atoms with Gasteiger partial charge in [0.25, 0.3) is 5.91 Å². The van der Waals surface area contributed by atoms with E-state index in [-0.39, 0.29) is 54.2 Å². The Kier molecular flexibility index (Phi) is 12.8. The average Bonchev–Trinajstić information content (AvgIpc) is 3.84. The highest BCUT2D eigenvalue weighted by Crippen LogP contribution is 2.60. The molecular weight excluding hydrogens is 709 g/mol. The summed E-state index contributed by atoms with van der Waals surface area (Å²) < 4.78 is 12.8. The highest BCUT2D eigenvalue weighted by atomic mass is 28.3. The lowest BCUT2D eigenvalue weighted by Crippen LogP contribution is -2.52. The van der Waals surface area contributed by atoms with Gasteiger partial charge in [-0.3, -0.25) is 14.4 Å². The van der Waals surface area contributed by atoms with Crippen molar-refractivity contribution in [3.05, 3.63) is 71.3 Å². The Labute approximate surface area is 328 Å². The number of hydrogen-bond donors (Lipinski definition) is 3. The minimum Gasteiger partial charge on any atom is -0.497 e. The predicted octanol–water partition coefficient (Wildman–Crippen LogP) is 6.26. The lowest BCUT2D eigenvalue weighted by Gasteiger charge is -2.37. The summed E-state index contributed by atoms with van der Waals surface area (Å²) in [6.07, 6.45) is 9.20. The molecule has 4 aliphatic rings. The van der Waals surface area contributed by atoms with Crippen LogP contribution >= 0.6 is 0 Å².